The molecule has 7 heteroatoms. The molecule has 0 unspecified atom stereocenters. The first kappa shape index (κ1) is 18.0. The van der Waals surface area contributed by atoms with Crippen molar-refractivity contribution in [2.75, 3.05) is 5.32 Å². The summed E-state index contributed by atoms with van der Waals surface area (Å²) in [6.07, 6.45) is 0.648. The minimum atomic E-state index is -2.92. The van der Waals surface area contributed by atoms with Crippen LogP contribution in [0, 0.1) is 6.92 Å². The number of ether oxygens (including phenoxy) is 1. The normalized spacial score (nSPS) is 10.8. The summed E-state index contributed by atoms with van der Waals surface area (Å²) in [7, 11) is 0. The van der Waals surface area contributed by atoms with Gasteiger partial charge in [0, 0.05) is 23.1 Å². The van der Waals surface area contributed by atoms with Gasteiger partial charge in [-0.15, -0.1) is 11.3 Å². The number of anilines is 1. The molecule has 1 heterocycles. The maximum Gasteiger partial charge on any atom is 0.387 e. The zero-order valence-corrected chi connectivity index (χ0v) is 14.7. The van der Waals surface area contributed by atoms with Gasteiger partial charge in [0.05, 0.1) is 5.01 Å². The van der Waals surface area contributed by atoms with Gasteiger partial charge in [-0.1, -0.05) is 36.4 Å². The van der Waals surface area contributed by atoms with E-state index in [-0.39, 0.29) is 5.75 Å². The molecular weight excluding hydrogens is 358 g/mol. The number of thiazole rings is 1. The molecule has 1 aromatic heterocycles. The Hall–Kier alpha value is -2.80. The predicted octanol–water partition coefficient (Wildman–Crippen LogP) is 4.90. The fraction of sp³-hybridized carbons (Fsp3) is 0.158. The Morgan fingerprint density at radius 3 is 2.69 bits per heavy atom. The number of hydrogen-bond donors (Lipinski definition) is 1. The summed E-state index contributed by atoms with van der Waals surface area (Å²) in [5.41, 5.74) is 2.24. The van der Waals surface area contributed by atoms with Gasteiger partial charge in [0.2, 0.25) is 0 Å². The van der Waals surface area contributed by atoms with Crippen LogP contribution in [-0.2, 0) is 6.42 Å². The van der Waals surface area contributed by atoms with Crippen LogP contribution >= 0.6 is 11.3 Å². The van der Waals surface area contributed by atoms with E-state index in [9.17, 15) is 13.6 Å². The maximum atomic E-state index is 12.4. The van der Waals surface area contributed by atoms with Crippen molar-refractivity contribution in [1.82, 2.24) is 4.98 Å². The number of alkyl halides is 2. The molecule has 0 bridgehead atoms. The van der Waals surface area contributed by atoms with Gasteiger partial charge in [-0.3, -0.25) is 4.79 Å². The van der Waals surface area contributed by atoms with Crippen molar-refractivity contribution in [1.29, 1.82) is 0 Å². The Morgan fingerprint density at radius 2 is 1.96 bits per heavy atom. The number of nitrogens with one attached hydrogen (secondary N) is 1. The lowest BCUT2D eigenvalue weighted by atomic mass is 10.1. The van der Waals surface area contributed by atoms with E-state index in [0.29, 0.717) is 23.4 Å². The Labute approximate surface area is 153 Å². The highest BCUT2D eigenvalue weighted by Crippen LogP contribution is 2.27. The molecule has 0 saturated heterocycles. The highest BCUT2D eigenvalue weighted by atomic mass is 32.1. The van der Waals surface area contributed by atoms with Crippen molar-refractivity contribution < 1.29 is 18.3 Å². The zero-order valence-electron chi connectivity index (χ0n) is 13.9. The average molecular weight is 374 g/mol. The predicted molar refractivity (Wildman–Crippen MR) is 97.1 cm³/mol. The second-order valence-corrected chi connectivity index (χ2v) is 6.49. The standard InChI is InChI=1S/C19H16F2N2O2S/c1-12-14(8-5-9-16(12)25-19(20)21)23-18(24)15-11-26-17(22-15)10-13-6-3-2-4-7-13/h2-9,11,19H,10H2,1H3,(H,23,24). The van der Waals surface area contributed by atoms with Gasteiger partial charge in [-0.25, -0.2) is 4.98 Å². The summed E-state index contributed by atoms with van der Waals surface area (Å²) in [4.78, 5) is 16.8. The molecule has 0 saturated carbocycles. The van der Waals surface area contributed by atoms with Crippen LogP contribution in [0.15, 0.2) is 53.9 Å². The molecule has 3 rings (SSSR count). The summed E-state index contributed by atoms with van der Waals surface area (Å²) < 4.78 is 29.3. The largest absolute Gasteiger partial charge is 0.434 e. The Bertz CT molecular complexity index is 898. The molecule has 0 aliphatic carbocycles. The molecule has 2 aromatic carbocycles. The lowest BCUT2D eigenvalue weighted by molar-refractivity contribution is -0.0502. The lowest BCUT2D eigenvalue weighted by Crippen LogP contribution is -2.14. The van der Waals surface area contributed by atoms with Crippen molar-refractivity contribution in [2.45, 2.75) is 20.0 Å². The number of carbonyl (C=O) groups excluding carboxylic acids is 1. The number of rotatable bonds is 6. The molecule has 134 valence electrons. The van der Waals surface area contributed by atoms with E-state index in [4.69, 9.17) is 0 Å². The molecule has 4 nitrogen and oxygen atoms in total. The van der Waals surface area contributed by atoms with E-state index in [1.807, 2.05) is 30.3 Å². The number of amides is 1. The second-order valence-electron chi connectivity index (χ2n) is 5.55. The van der Waals surface area contributed by atoms with E-state index in [1.54, 1.807) is 24.4 Å². The molecule has 0 fully saturated rings. The third kappa shape index (κ3) is 4.43. The molecule has 0 radical (unpaired) electrons. The first-order valence-corrected chi connectivity index (χ1v) is 8.75. The molecule has 0 spiro atoms. The highest BCUT2D eigenvalue weighted by molar-refractivity contribution is 7.09. The SMILES string of the molecule is Cc1c(NC(=O)c2csc(Cc3ccccc3)n2)cccc1OC(F)F. The molecular formula is C19H16F2N2O2S. The highest BCUT2D eigenvalue weighted by Gasteiger charge is 2.15. The van der Waals surface area contributed by atoms with Crippen LogP contribution in [-0.4, -0.2) is 17.5 Å². The zero-order chi connectivity index (χ0) is 18.5. The first-order chi connectivity index (χ1) is 12.5. The molecule has 1 N–H and O–H groups in total. The number of halogens is 2. The molecule has 26 heavy (non-hydrogen) atoms. The lowest BCUT2D eigenvalue weighted by Gasteiger charge is -2.12. The molecule has 0 atom stereocenters. The van der Waals surface area contributed by atoms with E-state index >= 15 is 0 Å². The summed E-state index contributed by atoms with van der Waals surface area (Å²) >= 11 is 1.40. The third-order valence-corrected chi connectivity index (χ3v) is 4.58. The summed E-state index contributed by atoms with van der Waals surface area (Å²) in [5.74, 6) is -0.362. The van der Waals surface area contributed by atoms with Crippen molar-refractivity contribution in [2.24, 2.45) is 0 Å². The van der Waals surface area contributed by atoms with Gasteiger partial charge < -0.3 is 10.1 Å². The fourth-order valence-corrected chi connectivity index (χ4v) is 3.24. The van der Waals surface area contributed by atoms with Crippen LogP contribution in [0.25, 0.3) is 0 Å². The van der Waals surface area contributed by atoms with Crippen LogP contribution in [0.4, 0.5) is 14.5 Å². The van der Waals surface area contributed by atoms with E-state index in [2.05, 4.69) is 15.0 Å². The molecule has 3 aromatic rings. The Kier molecular flexibility index (Phi) is 5.58. The van der Waals surface area contributed by atoms with Gasteiger partial charge in [0.15, 0.2) is 0 Å². The van der Waals surface area contributed by atoms with Gasteiger partial charge in [0.25, 0.3) is 5.91 Å². The maximum absolute atomic E-state index is 12.4. The smallest absolute Gasteiger partial charge is 0.387 e. The Balaban J connectivity index is 1.71. The van der Waals surface area contributed by atoms with Crippen LogP contribution < -0.4 is 10.1 Å². The summed E-state index contributed by atoms with van der Waals surface area (Å²) in [6.45, 7) is -1.31. The third-order valence-electron chi connectivity index (χ3n) is 3.73. The van der Waals surface area contributed by atoms with Crippen molar-refractivity contribution >= 4 is 22.9 Å². The summed E-state index contributed by atoms with van der Waals surface area (Å²) in [5, 5.41) is 5.21. The summed E-state index contributed by atoms with van der Waals surface area (Å²) in [6, 6.07) is 14.4. The fourth-order valence-electron chi connectivity index (χ4n) is 2.43. The van der Waals surface area contributed by atoms with Gasteiger partial charge in [-0.2, -0.15) is 8.78 Å². The number of carbonyl (C=O) groups is 1. The quantitative estimate of drug-likeness (QED) is 0.668. The number of hydrogen-bond acceptors (Lipinski definition) is 4. The number of aromatic nitrogens is 1. The first-order valence-electron chi connectivity index (χ1n) is 7.87. The van der Waals surface area contributed by atoms with Crippen molar-refractivity contribution in [3.8, 4) is 5.75 Å². The monoisotopic (exact) mass is 374 g/mol. The van der Waals surface area contributed by atoms with E-state index in [0.717, 1.165) is 10.6 Å². The average Bonchev–Trinajstić information content (AvgIpc) is 3.07. The van der Waals surface area contributed by atoms with Crippen LogP contribution in [0.1, 0.15) is 26.6 Å². The van der Waals surface area contributed by atoms with Crippen molar-refractivity contribution in [3.63, 3.8) is 0 Å². The number of nitrogens with zero attached hydrogens (tertiary/aromatic N) is 1. The molecule has 0 aliphatic rings. The van der Waals surface area contributed by atoms with Crippen LogP contribution in [0.3, 0.4) is 0 Å². The van der Waals surface area contributed by atoms with Crippen molar-refractivity contribution in [3.05, 3.63) is 75.7 Å². The molecule has 0 aliphatic heterocycles. The topological polar surface area (TPSA) is 51.2 Å². The van der Waals surface area contributed by atoms with Crippen LogP contribution in [0.2, 0.25) is 0 Å². The minimum absolute atomic E-state index is 0.0286. The number of benzene rings is 2. The van der Waals surface area contributed by atoms with E-state index < -0.39 is 12.5 Å². The minimum Gasteiger partial charge on any atom is -0.434 e. The second kappa shape index (κ2) is 8.05. The van der Waals surface area contributed by atoms with Gasteiger partial charge >= 0.3 is 6.61 Å². The van der Waals surface area contributed by atoms with Gasteiger partial charge in [-0.05, 0) is 24.6 Å². The van der Waals surface area contributed by atoms with Crippen LogP contribution in [0.5, 0.6) is 5.75 Å². The Morgan fingerprint density at radius 1 is 1.19 bits per heavy atom. The van der Waals surface area contributed by atoms with E-state index in [1.165, 1.54) is 17.4 Å². The van der Waals surface area contributed by atoms with Gasteiger partial charge in [0.1, 0.15) is 11.4 Å². The molecule has 1 amide bonds.